The molecule has 72 valence electrons. The average molecular weight is 189 g/mol. The van der Waals surface area contributed by atoms with Gasteiger partial charge in [0.25, 0.3) is 5.91 Å². The van der Waals surface area contributed by atoms with Gasteiger partial charge in [-0.2, -0.15) is 5.10 Å². The van der Waals surface area contributed by atoms with E-state index in [-0.39, 0.29) is 5.91 Å². The van der Waals surface area contributed by atoms with Gasteiger partial charge >= 0.3 is 0 Å². The molecule has 3 N–H and O–H groups in total. The molecule has 4 nitrogen and oxygen atoms in total. The summed E-state index contributed by atoms with van der Waals surface area (Å²) in [5.41, 5.74) is 10.7. The Kier molecular flexibility index (Phi) is 2.05. The lowest BCUT2D eigenvalue weighted by molar-refractivity contribution is -0.120. The predicted octanol–water partition coefficient (Wildman–Crippen LogP) is 0.156. The summed E-state index contributed by atoms with van der Waals surface area (Å²) >= 11 is 0. The first-order valence-corrected chi connectivity index (χ1v) is 4.38. The van der Waals surface area contributed by atoms with E-state index in [1.54, 1.807) is 0 Å². The maximum atomic E-state index is 11.1. The Morgan fingerprint density at radius 1 is 1.50 bits per heavy atom. The lowest BCUT2D eigenvalue weighted by atomic mass is 10.0. The van der Waals surface area contributed by atoms with Gasteiger partial charge in [-0.25, -0.2) is 5.43 Å². The number of carbonyl (C=O) groups excluding carboxylic acids is 1. The number of benzene rings is 1. The minimum Gasteiger partial charge on any atom is -0.315 e. The number of rotatable bonds is 1. The standard InChI is InChI=1S/C10H11N3O/c1-6-3-2-4-7(5-6)9-8(11)10(14)13-12-9/h2-5,8H,11H2,1H3,(H,13,14). The summed E-state index contributed by atoms with van der Waals surface area (Å²) in [6, 6.07) is 7.12. The number of nitrogens with one attached hydrogen (secondary N) is 1. The highest BCUT2D eigenvalue weighted by Gasteiger charge is 2.26. The fourth-order valence-corrected chi connectivity index (χ4v) is 1.43. The van der Waals surface area contributed by atoms with Crippen LogP contribution in [0.3, 0.4) is 0 Å². The molecule has 0 saturated heterocycles. The zero-order valence-corrected chi connectivity index (χ0v) is 7.82. The Morgan fingerprint density at radius 3 is 2.86 bits per heavy atom. The summed E-state index contributed by atoms with van der Waals surface area (Å²) in [6.45, 7) is 1.99. The van der Waals surface area contributed by atoms with Crippen LogP contribution >= 0.6 is 0 Å². The van der Waals surface area contributed by atoms with Gasteiger partial charge in [0.05, 0.1) is 5.71 Å². The number of carbonyl (C=O) groups is 1. The molecule has 0 aliphatic carbocycles. The van der Waals surface area contributed by atoms with E-state index >= 15 is 0 Å². The molecule has 0 bridgehead atoms. The highest BCUT2D eigenvalue weighted by atomic mass is 16.2. The van der Waals surface area contributed by atoms with Crippen LogP contribution in [-0.2, 0) is 4.79 Å². The monoisotopic (exact) mass is 189 g/mol. The second-order valence-corrected chi connectivity index (χ2v) is 3.32. The number of amides is 1. The third-order valence-electron chi connectivity index (χ3n) is 2.18. The average Bonchev–Trinajstić information content (AvgIpc) is 2.48. The van der Waals surface area contributed by atoms with Crippen LogP contribution in [0.4, 0.5) is 0 Å². The SMILES string of the molecule is Cc1cccc(C2=NNC(=O)C2N)c1. The van der Waals surface area contributed by atoms with E-state index in [2.05, 4.69) is 10.5 Å². The van der Waals surface area contributed by atoms with Crippen LogP contribution in [-0.4, -0.2) is 17.7 Å². The lowest BCUT2D eigenvalue weighted by Crippen LogP contribution is -2.37. The van der Waals surface area contributed by atoms with Crippen molar-refractivity contribution in [1.29, 1.82) is 0 Å². The van der Waals surface area contributed by atoms with Gasteiger partial charge in [-0.15, -0.1) is 0 Å². The van der Waals surface area contributed by atoms with E-state index in [0.717, 1.165) is 11.1 Å². The molecule has 1 heterocycles. The summed E-state index contributed by atoms with van der Waals surface area (Å²) in [4.78, 5) is 11.1. The number of nitrogens with two attached hydrogens (primary N) is 1. The maximum Gasteiger partial charge on any atom is 0.263 e. The molecule has 1 atom stereocenters. The van der Waals surface area contributed by atoms with Gasteiger partial charge in [0, 0.05) is 5.56 Å². The quantitative estimate of drug-likeness (QED) is 0.660. The van der Waals surface area contributed by atoms with Crippen LogP contribution in [0.25, 0.3) is 0 Å². The first-order valence-electron chi connectivity index (χ1n) is 4.38. The topological polar surface area (TPSA) is 67.5 Å². The van der Waals surface area contributed by atoms with Gasteiger partial charge in [0.15, 0.2) is 0 Å². The van der Waals surface area contributed by atoms with Crippen LogP contribution in [0.5, 0.6) is 0 Å². The highest BCUT2D eigenvalue weighted by Crippen LogP contribution is 2.09. The van der Waals surface area contributed by atoms with Crippen molar-refractivity contribution in [3.63, 3.8) is 0 Å². The molecule has 1 unspecified atom stereocenters. The molecule has 1 aliphatic rings. The van der Waals surface area contributed by atoms with Crippen LogP contribution < -0.4 is 11.2 Å². The molecule has 1 aromatic rings. The summed E-state index contributed by atoms with van der Waals surface area (Å²) < 4.78 is 0. The molecule has 0 radical (unpaired) electrons. The second-order valence-electron chi connectivity index (χ2n) is 3.32. The molecule has 1 aromatic carbocycles. The van der Waals surface area contributed by atoms with Crippen molar-refractivity contribution < 1.29 is 4.79 Å². The summed E-state index contributed by atoms with van der Waals surface area (Å²) in [7, 11) is 0. The number of nitrogens with zero attached hydrogens (tertiary/aromatic N) is 1. The molecular weight excluding hydrogens is 178 g/mol. The molecule has 0 aromatic heterocycles. The zero-order valence-electron chi connectivity index (χ0n) is 7.82. The van der Waals surface area contributed by atoms with E-state index in [1.165, 1.54) is 0 Å². The predicted molar refractivity (Wildman–Crippen MR) is 53.8 cm³/mol. The summed E-state index contributed by atoms with van der Waals surface area (Å²) in [5.74, 6) is -0.249. The first-order chi connectivity index (χ1) is 6.68. The molecule has 2 rings (SSSR count). The Hall–Kier alpha value is -1.68. The third kappa shape index (κ3) is 1.40. The minimum absolute atomic E-state index is 0.249. The summed E-state index contributed by atoms with van der Waals surface area (Å²) in [6.07, 6.45) is 0. The second kappa shape index (κ2) is 3.23. The van der Waals surface area contributed by atoms with Gasteiger partial charge in [0.1, 0.15) is 6.04 Å². The molecule has 14 heavy (non-hydrogen) atoms. The molecule has 4 heteroatoms. The van der Waals surface area contributed by atoms with E-state index in [9.17, 15) is 4.79 Å². The molecular formula is C10H11N3O. The highest BCUT2D eigenvalue weighted by molar-refractivity contribution is 6.19. The molecule has 1 amide bonds. The van der Waals surface area contributed by atoms with Crippen molar-refractivity contribution in [1.82, 2.24) is 5.43 Å². The minimum atomic E-state index is -0.642. The van der Waals surface area contributed by atoms with Crippen LogP contribution in [0.2, 0.25) is 0 Å². The number of hydrazone groups is 1. The van der Waals surface area contributed by atoms with E-state index in [0.29, 0.717) is 5.71 Å². The lowest BCUT2D eigenvalue weighted by Gasteiger charge is -2.04. The van der Waals surface area contributed by atoms with Crippen molar-refractivity contribution in [2.75, 3.05) is 0 Å². The van der Waals surface area contributed by atoms with Gasteiger partial charge in [-0.3, -0.25) is 4.79 Å². The Balaban J connectivity index is 2.37. The number of hydrogen-bond acceptors (Lipinski definition) is 3. The van der Waals surface area contributed by atoms with E-state index < -0.39 is 6.04 Å². The van der Waals surface area contributed by atoms with Crippen molar-refractivity contribution in [2.45, 2.75) is 13.0 Å². The van der Waals surface area contributed by atoms with Crippen LogP contribution in [0.15, 0.2) is 29.4 Å². The Morgan fingerprint density at radius 2 is 2.29 bits per heavy atom. The van der Waals surface area contributed by atoms with Gasteiger partial charge in [-0.1, -0.05) is 29.8 Å². The summed E-state index contributed by atoms with van der Waals surface area (Å²) in [5, 5.41) is 3.90. The van der Waals surface area contributed by atoms with Gasteiger partial charge < -0.3 is 5.73 Å². The fourth-order valence-electron chi connectivity index (χ4n) is 1.43. The van der Waals surface area contributed by atoms with E-state index in [4.69, 9.17) is 5.73 Å². The van der Waals surface area contributed by atoms with Crippen molar-refractivity contribution in [3.05, 3.63) is 35.4 Å². The number of aryl methyl sites for hydroxylation is 1. The molecule has 0 fully saturated rings. The van der Waals surface area contributed by atoms with E-state index in [1.807, 2.05) is 31.2 Å². The number of hydrogen-bond donors (Lipinski definition) is 2. The molecule has 0 spiro atoms. The normalized spacial score (nSPS) is 20.6. The largest absolute Gasteiger partial charge is 0.315 e. The zero-order chi connectivity index (χ0) is 10.1. The van der Waals surface area contributed by atoms with Crippen LogP contribution in [0.1, 0.15) is 11.1 Å². The Bertz CT molecular complexity index is 412. The molecule has 0 saturated carbocycles. The van der Waals surface area contributed by atoms with Crippen molar-refractivity contribution in [2.24, 2.45) is 10.8 Å². The fraction of sp³-hybridized carbons (Fsp3) is 0.200. The molecule has 1 aliphatic heterocycles. The third-order valence-corrected chi connectivity index (χ3v) is 2.18. The van der Waals surface area contributed by atoms with Crippen molar-refractivity contribution in [3.8, 4) is 0 Å². The van der Waals surface area contributed by atoms with Crippen LogP contribution in [0, 0.1) is 6.92 Å². The maximum absolute atomic E-state index is 11.1. The van der Waals surface area contributed by atoms with Gasteiger partial charge in [0.2, 0.25) is 0 Å². The van der Waals surface area contributed by atoms with Crippen molar-refractivity contribution >= 4 is 11.6 Å². The van der Waals surface area contributed by atoms with Gasteiger partial charge in [-0.05, 0) is 6.92 Å². The first kappa shape index (κ1) is 8.90. The smallest absolute Gasteiger partial charge is 0.263 e. The Labute approximate surface area is 81.8 Å².